The minimum absolute atomic E-state index is 0. The summed E-state index contributed by atoms with van der Waals surface area (Å²) in [7, 11) is -1.89. The molecule has 1 aromatic carbocycles. The van der Waals surface area contributed by atoms with E-state index >= 15 is 0 Å². The van der Waals surface area contributed by atoms with Crippen molar-refractivity contribution in [3.8, 4) is 5.75 Å². The Bertz CT molecular complexity index is 366. The van der Waals surface area contributed by atoms with Gasteiger partial charge in [-0.25, -0.2) is 0 Å². The van der Waals surface area contributed by atoms with Crippen LogP contribution in [0.15, 0.2) is 30.3 Å². The first-order chi connectivity index (χ1) is 10.8. The van der Waals surface area contributed by atoms with Crippen molar-refractivity contribution < 1.29 is 37.0 Å². The lowest BCUT2D eigenvalue weighted by molar-refractivity contribution is -0.00000765. The maximum Gasteiger partial charge on any atom is 0.158 e. The standard InChI is InChI=1S/C17H30O4P.BrH/c18-14-22(15-19,16-20)13-9-4-2-1-3-8-12-21-17-10-6-5-7-11-17;/h5-7,10-11,18-20H,1-4,8-9,12-16H2;1H/q+1;/p-1. The number of rotatable bonds is 13. The summed E-state index contributed by atoms with van der Waals surface area (Å²) in [6, 6.07) is 9.87. The van der Waals surface area contributed by atoms with E-state index in [0.29, 0.717) is 0 Å². The largest absolute Gasteiger partial charge is 1.00 e. The van der Waals surface area contributed by atoms with E-state index in [4.69, 9.17) is 4.74 Å². The molecule has 3 N–H and O–H groups in total. The molecule has 134 valence electrons. The zero-order chi connectivity index (χ0) is 16.1. The van der Waals surface area contributed by atoms with Gasteiger partial charge in [-0.05, 0) is 31.4 Å². The Labute approximate surface area is 151 Å². The minimum Gasteiger partial charge on any atom is -1.00 e. The fourth-order valence-electron chi connectivity index (χ4n) is 2.31. The first-order valence-corrected chi connectivity index (χ1v) is 10.6. The molecule has 0 bridgehead atoms. The molecule has 6 heteroatoms. The first kappa shape index (κ1) is 22.8. The monoisotopic (exact) mass is 408 g/mol. The highest BCUT2D eigenvalue weighted by atomic mass is 79.9. The number of aliphatic hydroxyl groups is 3. The number of halogens is 1. The van der Waals surface area contributed by atoms with Crippen LogP contribution in [0.25, 0.3) is 0 Å². The lowest BCUT2D eigenvalue weighted by Gasteiger charge is -2.19. The third-order valence-electron chi connectivity index (χ3n) is 3.94. The van der Waals surface area contributed by atoms with E-state index in [9.17, 15) is 15.3 Å². The van der Waals surface area contributed by atoms with E-state index in [-0.39, 0.29) is 36.0 Å². The van der Waals surface area contributed by atoms with Gasteiger partial charge in [0.1, 0.15) is 5.75 Å². The summed E-state index contributed by atoms with van der Waals surface area (Å²) in [5.41, 5.74) is 0. The molecule has 0 heterocycles. The van der Waals surface area contributed by atoms with Crippen molar-refractivity contribution in [1.29, 1.82) is 0 Å². The van der Waals surface area contributed by atoms with Crippen LogP contribution in [-0.4, -0.2) is 47.1 Å². The number of unbranched alkanes of at least 4 members (excludes halogenated alkanes) is 5. The topological polar surface area (TPSA) is 69.9 Å². The third-order valence-corrected chi connectivity index (χ3v) is 7.00. The lowest BCUT2D eigenvalue weighted by atomic mass is 10.1. The van der Waals surface area contributed by atoms with Crippen LogP contribution in [0.1, 0.15) is 38.5 Å². The first-order valence-electron chi connectivity index (χ1n) is 8.12. The maximum atomic E-state index is 9.29. The van der Waals surface area contributed by atoms with E-state index < -0.39 is 7.26 Å². The third kappa shape index (κ3) is 9.63. The highest BCUT2D eigenvalue weighted by Crippen LogP contribution is 2.56. The summed E-state index contributed by atoms with van der Waals surface area (Å²) < 4.78 is 5.64. The summed E-state index contributed by atoms with van der Waals surface area (Å²) in [5.74, 6) is 0.930. The van der Waals surface area contributed by atoms with E-state index in [0.717, 1.165) is 50.6 Å². The highest BCUT2D eigenvalue weighted by Gasteiger charge is 2.34. The molecule has 1 rings (SSSR count). The Morgan fingerprint density at radius 3 is 1.83 bits per heavy atom. The van der Waals surface area contributed by atoms with Crippen molar-refractivity contribution >= 4 is 7.26 Å². The van der Waals surface area contributed by atoms with Crippen molar-refractivity contribution in [2.75, 3.05) is 31.8 Å². The Morgan fingerprint density at radius 2 is 1.26 bits per heavy atom. The molecule has 23 heavy (non-hydrogen) atoms. The molecule has 0 aliphatic rings. The van der Waals surface area contributed by atoms with Gasteiger partial charge in [0.25, 0.3) is 0 Å². The molecular weight excluding hydrogens is 379 g/mol. The van der Waals surface area contributed by atoms with Gasteiger partial charge >= 0.3 is 0 Å². The molecule has 0 atom stereocenters. The predicted molar refractivity (Wildman–Crippen MR) is 92.7 cm³/mol. The number of ether oxygens (including phenoxy) is 1. The lowest BCUT2D eigenvalue weighted by Crippen LogP contribution is -3.00. The van der Waals surface area contributed by atoms with Crippen molar-refractivity contribution in [3.05, 3.63) is 30.3 Å². The number of hydrogen-bond acceptors (Lipinski definition) is 4. The molecular formula is C17H30BrO4P. The van der Waals surface area contributed by atoms with Crippen LogP contribution < -0.4 is 21.7 Å². The summed E-state index contributed by atoms with van der Waals surface area (Å²) in [6.07, 6.45) is 7.30. The molecule has 0 radical (unpaired) electrons. The van der Waals surface area contributed by atoms with Crippen molar-refractivity contribution in [2.24, 2.45) is 0 Å². The average Bonchev–Trinajstić information content (AvgIpc) is 2.58. The molecule has 0 amide bonds. The Kier molecular flexibility index (Phi) is 14.1. The smallest absolute Gasteiger partial charge is 0.158 e. The second-order valence-corrected chi connectivity index (χ2v) is 9.75. The summed E-state index contributed by atoms with van der Waals surface area (Å²) in [6.45, 7) is 0.762. The van der Waals surface area contributed by atoms with Gasteiger partial charge in [0.15, 0.2) is 19.0 Å². The highest BCUT2D eigenvalue weighted by molar-refractivity contribution is 7.75. The van der Waals surface area contributed by atoms with E-state index in [2.05, 4.69) is 0 Å². The van der Waals surface area contributed by atoms with Gasteiger partial charge in [0.05, 0.1) is 20.0 Å². The van der Waals surface area contributed by atoms with E-state index in [1.165, 1.54) is 6.42 Å². The number of aliphatic hydroxyl groups excluding tert-OH is 3. The molecule has 4 nitrogen and oxygen atoms in total. The van der Waals surface area contributed by atoms with Gasteiger partial charge < -0.3 is 37.0 Å². The zero-order valence-electron chi connectivity index (χ0n) is 13.7. The van der Waals surface area contributed by atoms with Crippen LogP contribution in [0.2, 0.25) is 0 Å². The quantitative estimate of drug-likeness (QED) is 0.323. The summed E-state index contributed by atoms with van der Waals surface area (Å²) in [5, 5.41) is 27.9. The molecule has 1 aromatic rings. The van der Waals surface area contributed by atoms with Gasteiger partial charge in [0, 0.05) is 0 Å². The predicted octanol–water partition coefficient (Wildman–Crippen LogP) is 0.277. The summed E-state index contributed by atoms with van der Waals surface area (Å²) in [4.78, 5) is 0. The fourth-order valence-corrected chi connectivity index (χ4v) is 3.90. The van der Waals surface area contributed by atoms with Crippen molar-refractivity contribution in [1.82, 2.24) is 0 Å². The Morgan fingerprint density at radius 1 is 0.739 bits per heavy atom. The second kappa shape index (κ2) is 14.2. The SMILES string of the molecule is OC[P+](CO)(CO)CCCCCCCCOc1ccccc1.[Br-]. The molecule has 0 aromatic heterocycles. The van der Waals surface area contributed by atoms with Gasteiger partial charge in [0.2, 0.25) is 0 Å². The Hall–Kier alpha value is -0.190. The maximum absolute atomic E-state index is 9.29. The molecule has 0 fully saturated rings. The Balaban J connectivity index is 0.00000484. The van der Waals surface area contributed by atoms with Crippen LogP contribution in [0.3, 0.4) is 0 Å². The zero-order valence-corrected chi connectivity index (χ0v) is 16.2. The van der Waals surface area contributed by atoms with E-state index in [1.807, 2.05) is 30.3 Å². The number of hydrogen-bond donors (Lipinski definition) is 3. The molecule has 0 saturated carbocycles. The van der Waals surface area contributed by atoms with Crippen molar-refractivity contribution in [2.45, 2.75) is 38.5 Å². The van der Waals surface area contributed by atoms with Crippen LogP contribution in [0.5, 0.6) is 5.75 Å². The molecule has 0 aliphatic heterocycles. The van der Waals surface area contributed by atoms with Gasteiger partial charge in [-0.2, -0.15) is 0 Å². The van der Waals surface area contributed by atoms with Crippen molar-refractivity contribution in [3.63, 3.8) is 0 Å². The van der Waals surface area contributed by atoms with Crippen LogP contribution >= 0.6 is 7.26 Å². The molecule has 0 aliphatic carbocycles. The molecule has 0 saturated heterocycles. The second-order valence-electron chi connectivity index (χ2n) is 5.77. The van der Waals surface area contributed by atoms with Gasteiger partial charge in [-0.15, -0.1) is 0 Å². The van der Waals surface area contributed by atoms with Crippen LogP contribution in [-0.2, 0) is 0 Å². The number of para-hydroxylation sites is 1. The molecule has 0 unspecified atom stereocenters. The fraction of sp³-hybridized carbons (Fsp3) is 0.647. The van der Waals surface area contributed by atoms with E-state index in [1.54, 1.807) is 0 Å². The normalized spacial score (nSPS) is 11.1. The van der Waals surface area contributed by atoms with Gasteiger partial charge in [-0.3, -0.25) is 0 Å². The average molecular weight is 409 g/mol. The summed E-state index contributed by atoms with van der Waals surface area (Å²) >= 11 is 0. The van der Waals surface area contributed by atoms with Gasteiger partial charge in [-0.1, -0.05) is 37.5 Å². The van der Waals surface area contributed by atoms with Crippen LogP contribution in [0.4, 0.5) is 0 Å². The minimum atomic E-state index is -1.89. The van der Waals surface area contributed by atoms with Crippen LogP contribution in [0, 0.1) is 0 Å². The molecule has 0 spiro atoms. The number of benzene rings is 1.